The van der Waals surface area contributed by atoms with Crippen LogP contribution in [0.1, 0.15) is 18.5 Å². The Morgan fingerprint density at radius 2 is 2.05 bits per heavy atom. The van der Waals surface area contributed by atoms with Crippen molar-refractivity contribution in [2.45, 2.75) is 25.4 Å². The first-order valence-electron chi connectivity index (χ1n) is 6.41. The van der Waals surface area contributed by atoms with E-state index >= 15 is 0 Å². The molecule has 0 aliphatic heterocycles. The predicted molar refractivity (Wildman–Crippen MR) is 78.3 cm³/mol. The Bertz CT molecular complexity index is 570. The summed E-state index contributed by atoms with van der Waals surface area (Å²) in [4.78, 5) is 4.35. The van der Waals surface area contributed by atoms with Crippen LogP contribution in [-0.4, -0.2) is 11.0 Å². The summed E-state index contributed by atoms with van der Waals surface area (Å²) in [6.45, 7) is 0.806. The van der Waals surface area contributed by atoms with Crippen molar-refractivity contribution in [2.24, 2.45) is 0 Å². The zero-order valence-electron chi connectivity index (χ0n) is 10.5. The van der Waals surface area contributed by atoms with Crippen molar-refractivity contribution in [3.05, 3.63) is 52.8 Å². The number of ether oxygens (including phenoxy) is 1. The lowest BCUT2D eigenvalue weighted by molar-refractivity contribution is 0.480. The number of nitrogens with one attached hydrogen (secondary N) is 1. The summed E-state index contributed by atoms with van der Waals surface area (Å²) in [7, 11) is 0. The predicted octanol–water partition coefficient (Wildman–Crippen LogP) is 3.89. The molecule has 98 valence electrons. The van der Waals surface area contributed by atoms with Crippen LogP contribution >= 0.6 is 15.9 Å². The highest BCUT2D eigenvalue weighted by Crippen LogP contribution is 2.25. The molecule has 1 aliphatic rings. The summed E-state index contributed by atoms with van der Waals surface area (Å²) in [5.41, 5.74) is 1.01. The van der Waals surface area contributed by atoms with E-state index in [0.29, 0.717) is 6.04 Å². The van der Waals surface area contributed by atoms with E-state index in [1.54, 1.807) is 6.20 Å². The van der Waals surface area contributed by atoms with E-state index < -0.39 is 0 Å². The number of pyridine rings is 1. The minimum atomic E-state index is 0.691. The van der Waals surface area contributed by atoms with Gasteiger partial charge in [0.15, 0.2) is 0 Å². The molecule has 1 saturated carbocycles. The number of rotatable bonds is 5. The summed E-state index contributed by atoms with van der Waals surface area (Å²) in [5, 5.41) is 3.45. The molecule has 19 heavy (non-hydrogen) atoms. The standard InChI is InChI=1S/C15H15BrN2O/c16-11-2-1-3-14(8-11)19-15-6-7-17-13(9-15)10-18-12-4-5-12/h1-3,6-9,12,18H,4-5,10H2. The highest BCUT2D eigenvalue weighted by molar-refractivity contribution is 9.10. The van der Waals surface area contributed by atoms with E-state index in [-0.39, 0.29) is 0 Å². The summed E-state index contributed by atoms with van der Waals surface area (Å²) >= 11 is 3.44. The second-order valence-corrected chi connectivity index (χ2v) is 5.61. The summed E-state index contributed by atoms with van der Waals surface area (Å²) in [6.07, 6.45) is 4.36. The fraction of sp³-hybridized carbons (Fsp3) is 0.267. The Labute approximate surface area is 121 Å². The molecule has 1 N–H and O–H groups in total. The van der Waals surface area contributed by atoms with E-state index in [0.717, 1.165) is 28.2 Å². The van der Waals surface area contributed by atoms with Gasteiger partial charge in [-0.25, -0.2) is 0 Å². The molecular weight excluding hydrogens is 304 g/mol. The monoisotopic (exact) mass is 318 g/mol. The van der Waals surface area contributed by atoms with E-state index in [1.807, 2.05) is 36.4 Å². The number of hydrogen-bond donors (Lipinski definition) is 1. The third-order valence-corrected chi connectivity index (χ3v) is 3.46. The van der Waals surface area contributed by atoms with Gasteiger partial charge in [-0.05, 0) is 37.1 Å². The maximum atomic E-state index is 5.82. The highest BCUT2D eigenvalue weighted by Gasteiger charge is 2.20. The Kier molecular flexibility index (Phi) is 3.80. The molecule has 1 heterocycles. The minimum Gasteiger partial charge on any atom is -0.457 e. The third-order valence-electron chi connectivity index (χ3n) is 2.97. The Hall–Kier alpha value is -1.39. The Morgan fingerprint density at radius 3 is 2.84 bits per heavy atom. The van der Waals surface area contributed by atoms with Crippen LogP contribution in [-0.2, 0) is 6.54 Å². The number of halogens is 1. The molecule has 2 aromatic rings. The first-order chi connectivity index (χ1) is 9.29. The smallest absolute Gasteiger partial charge is 0.130 e. The zero-order valence-corrected chi connectivity index (χ0v) is 12.1. The molecule has 0 radical (unpaired) electrons. The lowest BCUT2D eigenvalue weighted by Crippen LogP contribution is -2.16. The molecular formula is C15H15BrN2O. The van der Waals surface area contributed by atoms with Crippen molar-refractivity contribution in [3.8, 4) is 11.5 Å². The van der Waals surface area contributed by atoms with Gasteiger partial charge in [-0.15, -0.1) is 0 Å². The summed E-state index contributed by atoms with van der Waals surface area (Å²) in [6, 6.07) is 12.4. The second-order valence-electron chi connectivity index (χ2n) is 4.70. The lowest BCUT2D eigenvalue weighted by Gasteiger charge is -2.08. The van der Waals surface area contributed by atoms with Crippen LogP contribution in [0.4, 0.5) is 0 Å². The quantitative estimate of drug-likeness (QED) is 0.908. The third kappa shape index (κ3) is 3.78. The number of aromatic nitrogens is 1. The fourth-order valence-corrected chi connectivity index (χ4v) is 2.20. The van der Waals surface area contributed by atoms with Gasteiger partial charge in [-0.1, -0.05) is 22.0 Å². The van der Waals surface area contributed by atoms with Gasteiger partial charge < -0.3 is 10.1 Å². The first kappa shape index (κ1) is 12.6. The van der Waals surface area contributed by atoms with Gasteiger partial charge in [-0.3, -0.25) is 4.98 Å². The van der Waals surface area contributed by atoms with Crippen LogP contribution in [0.3, 0.4) is 0 Å². The molecule has 0 spiro atoms. The van der Waals surface area contributed by atoms with E-state index in [1.165, 1.54) is 12.8 Å². The number of benzene rings is 1. The van der Waals surface area contributed by atoms with E-state index in [9.17, 15) is 0 Å². The molecule has 0 unspecified atom stereocenters. The molecule has 0 saturated heterocycles. The van der Waals surface area contributed by atoms with Crippen molar-refractivity contribution < 1.29 is 4.74 Å². The van der Waals surface area contributed by atoms with Crippen molar-refractivity contribution in [3.63, 3.8) is 0 Å². The maximum Gasteiger partial charge on any atom is 0.130 e. The van der Waals surface area contributed by atoms with Crippen molar-refractivity contribution in [1.82, 2.24) is 10.3 Å². The van der Waals surface area contributed by atoms with Crippen molar-refractivity contribution in [2.75, 3.05) is 0 Å². The molecule has 3 nitrogen and oxygen atoms in total. The van der Waals surface area contributed by atoms with Crippen LogP contribution in [0, 0.1) is 0 Å². The van der Waals surface area contributed by atoms with Gasteiger partial charge >= 0.3 is 0 Å². The van der Waals surface area contributed by atoms with Crippen molar-refractivity contribution >= 4 is 15.9 Å². The van der Waals surface area contributed by atoms with Crippen LogP contribution in [0.5, 0.6) is 11.5 Å². The summed E-state index contributed by atoms with van der Waals surface area (Å²) < 4.78 is 6.83. The number of hydrogen-bond acceptors (Lipinski definition) is 3. The molecule has 0 amide bonds. The molecule has 1 fully saturated rings. The second kappa shape index (κ2) is 5.72. The SMILES string of the molecule is Brc1cccc(Oc2ccnc(CNC3CC3)c2)c1. The molecule has 0 bridgehead atoms. The topological polar surface area (TPSA) is 34.1 Å². The fourth-order valence-electron chi connectivity index (χ4n) is 1.82. The molecule has 1 aliphatic carbocycles. The normalized spacial score (nSPS) is 14.4. The lowest BCUT2D eigenvalue weighted by atomic mass is 10.3. The minimum absolute atomic E-state index is 0.691. The first-order valence-corrected chi connectivity index (χ1v) is 7.21. The Morgan fingerprint density at radius 1 is 1.21 bits per heavy atom. The summed E-state index contributed by atoms with van der Waals surface area (Å²) in [5.74, 6) is 1.64. The number of nitrogens with zero attached hydrogens (tertiary/aromatic N) is 1. The van der Waals surface area contributed by atoms with Crippen LogP contribution in [0.25, 0.3) is 0 Å². The Balaban J connectivity index is 1.67. The molecule has 0 atom stereocenters. The van der Waals surface area contributed by atoms with Crippen molar-refractivity contribution in [1.29, 1.82) is 0 Å². The van der Waals surface area contributed by atoms with Crippen LogP contribution < -0.4 is 10.1 Å². The molecule has 3 rings (SSSR count). The van der Waals surface area contributed by atoms with Gasteiger partial charge in [-0.2, -0.15) is 0 Å². The van der Waals surface area contributed by atoms with Gasteiger partial charge in [0.25, 0.3) is 0 Å². The van der Waals surface area contributed by atoms with Crippen LogP contribution in [0.15, 0.2) is 47.1 Å². The average molecular weight is 319 g/mol. The largest absolute Gasteiger partial charge is 0.457 e. The molecule has 1 aromatic heterocycles. The highest BCUT2D eigenvalue weighted by atomic mass is 79.9. The van der Waals surface area contributed by atoms with Gasteiger partial charge in [0.1, 0.15) is 11.5 Å². The molecule has 4 heteroatoms. The van der Waals surface area contributed by atoms with Gasteiger partial charge in [0, 0.05) is 29.3 Å². The average Bonchev–Trinajstić information content (AvgIpc) is 3.21. The van der Waals surface area contributed by atoms with Gasteiger partial charge in [0.2, 0.25) is 0 Å². The van der Waals surface area contributed by atoms with Crippen LogP contribution in [0.2, 0.25) is 0 Å². The molecule has 1 aromatic carbocycles. The maximum absolute atomic E-state index is 5.82. The van der Waals surface area contributed by atoms with E-state index in [4.69, 9.17) is 4.74 Å². The van der Waals surface area contributed by atoms with E-state index in [2.05, 4.69) is 26.2 Å². The zero-order chi connectivity index (χ0) is 13.1. The van der Waals surface area contributed by atoms with Gasteiger partial charge in [0.05, 0.1) is 5.69 Å².